The molecule has 4 rings (SSSR count). The zero-order valence-electron chi connectivity index (χ0n) is 16.8. The molecule has 2 fully saturated rings. The number of fused-ring (bicyclic) bond motifs is 1. The van der Waals surface area contributed by atoms with Gasteiger partial charge in [0.25, 0.3) is 0 Å². The number of nitrogens with one attached hydrogen (secondary N) is 1. The molecule has 0 atom stereocenters. The summed E-state index contributed by atoms with van der Waals surface area (Å²) < 4.78 is 32.5. The maximum Gasteiger partial charge on any atom is 0.217 e. The normalized spacial score (nSPS) is 23.5. The number of piperazine rings is 1. The number of hydrogen-bond acceptors (Lipinski definition) is 5. The van der Waals surface area contributed by atoms with Crippen molar-refractivity contribution >= 4 is 22.7 Å². The van der Waals surface area contributed by atoms with Crippen molar-refractivity contribution in [3.63, 3.8) is 0 Å². The van der Waals surface area contributed by atoms with Crippen LogP contribution in [0.2, 0.25) is 0 Å². The van der Waals surface area contributed by atoms with Gasteiger partial charge in [-0.05, 0) is 50.6 Å². The van der Waals surface area contributed by atoms with Gasteiger partial charge < -0.3 is 14.7 Å². The predicted molar refractivity (Wildman–Crippen MR) is 107 cm³/mol. The van der Waals surface area contributed by atoms with Crippen molar-refractivity contribution in [1.82, 2.24) is 15.4 Å². The summed E-state index contributed by atoms with van der Waals surface area (Å²) >= 11 is 0. The number of hydrogen-bond donors (Lipinski definition) is 1. The number of aromatic nitrogens is 1. The smallest absolute Gasteiger partial charge is 0.217 e. The first-order chi connectivity index (χ1) is 14.0. The highest BCUT2D eigenvalue weighted by molar-refractivity contribution is 5.89. The molecule has 6 nitrogen and oxygen atoms in total. The summed E-state index contributed by atoms with van der Waals surface area (Å²) in [5, 5.41) is 7.41. The summed E-state index contributed by atoms with van der Waals surface area (Å²) in [5.74, 6) is -0.0218. The second-order valence-corrected chi connectivity index (χ2v) is 8.31. The molecule has 1 amide bonds. The quantitative estimate of drug-likeness (QED) is 0.826. The summed E-state index contributed by atoms with van der Waals surface area (Å²) in [6.07, 6.45) is 5.67. The van der Waals surface area contributed by atoms with Gasteiger partial charge in [-0.25, -0.2) is 8.78 Å². The summed E-state index contributed by atoms with van der Waals surface area (Å²) in [6.45, 7) is 5.96. The Morgan fingerprint density at radius 2 is 1.90 bits per heavy atom. The number of nitrogens with zero attached hydrogens (tertiary/aromatic N) is 3. The molecule has 1 saturated carbocycles. The van der Waals surface area contributed by atoms with Gasteiger partial charge in [0.1, 0.15) is 5.82 Å². The van der Waals surface area contributed by atoms with Crippen LogP contribution >= 0.6 is 0 Å². The van der Waals surface area contributed by atoms with Crippen LogP contribution in [0.4, 0.5) is 14.6 Å². The van der Waals surface area contributed by atoms with Gasteiger partial charge in [-0.1, -0.05) is 5.16 Å². The Morgan fingerprint density at radius 3 is 2.59 bits per heavy atom. The summed E-state index contributed by atoms with van der Waals surface area (Å²) in [5.41, 5.74) is 0.0127. The Bertz CT molecular complexity index is 856. The number of benzene rings is 1. The molecule has 2 heterocycles. The first kappa shape index (κ1) is 20.1. The van der Waals surface area contributed by atoms with Crippen LogP contribution < -0.4 is 10.2 Å². The van der Waals surface area contributed by atoms with E-state index in [0.717, 1.165) is 57.5 Å². The van der Waals surface area contributed by atoms with Crippen molar-refractivity contribution < 1.29 is 18.1 Å². The largest absolute Gasteiger partial charge is 0.354 e. The van der Waals surface area contributed by atoms with Gasteiger partial charge in [0, 0.05) is 45.2 Å². The standard InChI is InChI=1S/C21H28F2N4O2/c1-14(28)24-17-4-2-15(3-5-17)6-7-26-8-10-27(11-9-26)21-18-12-16(22)13-19(23)20(18)29-25-21/h12-13,15,17H,2-11H2,1H3,(H,24,28)/t15-,17-. The zero-order valence-corrected chi connectivity index (χ0v) is 16.8. The highest BCUT2D eigenvalue weighted by Crippen LogP contribution is 2.30. The minimum absolute atomic E-state index is 0.0127. The zero-order chi connectivity index (χ0) is 20.4. The van der Waals surface area contributed by atoms with Gasteiger partial charge in [0.2, 0.25) is 11.5 Å². The van der Waals surface area contributed by atoms with Gasteiger partial charge in [-0.15, -0.1) is 0 Å². The second kappa shape index (κ2) is 8.65. The lowest BCUT2D eigenvalue weighted by Crippen LogP contribution is -2.47. The van der Waals surface area contributed by atoms with Crippen LogP contribution in [0.5, 0.6) is 0 Å². The fourth-order valence-corrected chi connectivity index (χ4v) is 4.62. The number of halogens is 2. The molecule has 0 spiro atoms. The Balaban J connectivity index is 1.25. The first-order valence-corrected chi connectivity index (χ1v) is 10.5. The average molecular weight is 406 g/mol. The van der Waals surface area contributed by atoms with E-state index in [2.05, 4.69) is 15.4 Å². The lowest BCUT2D eigenvalue weighted by molar-refractivity contribution is -0.119. The maximum atomic E-state index is 13.8. The third-order valence-electron chi connectivity index (χ3n) is 6.25. The van der Waals surface area contributed by atoms with E-state index >= 15 is 0 Å². The SMILES string of the molecule is CC(=O)N[C@H]1CC[C@H](CCN2CCN(c3noc4c(F)cc(F)cc34)CC2)CC1. The molecule has 1 aromatic carbocycles. The number of anilines is 1. The van der Waals surface area contributed by atoms with E-state index in [-0.39, 0.29) is 11.5 Å². The van der Waals surface area contributed by atoms with E-state index in [4.69, 9.17) is 4.52 Å². The van der Waals surface area contributed by atoms with Gasteiger partial charge in [-0.3, -0.25) is 9.69 Å². The highest BCUT2D eigenvalue weighted by Gasteiger charge is 2.25. The molecule has 2 aliphatic rings. The van der Waals surface area contributed by atoms with E-state index in [1.165, 1.54) is 25.3 Å². The fourth-order valence-electron chi connectivity index (χ4n) is 4.62. The predicted octanol–water partition coefficient (Wildman–Crippen LogP) is 3.31. The third kappa shape index (κ3) is 4.69. The van der Waals surface area contributed by atoms with Crippen molar-refractivity contribution in [2.75, 3.05) is 37.6 Å². The van der Waals surface area contributed by atoms with Crippen LogP contribution in [0.1, 0.15) is 39.0 Å². The average Bonchev–Trinajstić information content (AvgIpc) is 3.11. The Morgan fingerprint density at radius 1 is 1.17 bits per heavy atom. The third-order valence-corrected chi connectivity index (χ3v) is 6.25. The molecular weight excluding hydrogens is 378 g/mol. The molecule has 1 aromatic heterocycles. The highest BCUT2D eigenvalue weighted by atomic mass is 19.1. The minimum atomic E-state index is -0.717. The molecule has 1 N–H and O–H groups in total. The maximum absolute atomic E-state index is 13.8. The summed E-state index contributed by atoms with van der Waals surface area (Å²) in [7, 11) is 0. The Labute approximate surface area is 169 Å². The molecule has 1 aliphatic carbocycles. The van der Waals surface area contributed by atoms with E-state index in [0.29, 0.717) is 17.2 Å². The van der Waals surface area contributed by atoms with Gasteiger partial charge in [0.15, 0.2) is 11.6 Å². The molecule has 1 aliphatic heterocycles. The second-order valence-electron chi connectivity index (χ2n) is 8.31. The van der Waals surface area contributed by atoms with Crippen molar-refractivity contribution in [2.24, 2.45) is 5.92 Å². The molecule has 8 heteroatoms. The molecule has 0 unspecified atom stereocenters. The van der Waals surface area contributed by atoms with Crippen molar-refractivity contribution in [3.05, 3.63) is 23.8 Å². The number of amides is 1. The van der Waals surface area contributed by atoms with E-state index in [1.807, 2.05) is 4.90 Å². The van der Waals surface area contributed by atoms with E-state index in [9.17, 15) is 13.6 Å². The van der Waals surface area contributed by atoms with Crippen LogP contribution in [0.25, 0.3) is 11.0 Å². The Kier molecular flexibility index (Phi) is 5.99. The Hall–Kier alpha value is -2.22. The molecule has 1 saturated heterocycles. The van der Waals surface area contributed by atoms with Gasteiger partial charge in [0.05, 0.1) is 5.39 Å². The summed E-state index contributed by atoms with van der Waals surface area (Å²) in [6, 6.07) is 2.45. The minimum Gasteiger partial charge on any atom is -0.354 e. The molecule has 29 heavy (non-hydrogen) atoms. The van der Waals surface area contributed by atoms with Crippen LogP contribution in [0, 0.1) is 17.6 Å². The summed E-state index contributed by atoms with van der Waals surface area (Å²) in [4.78, 5) is 15.7. The van der Waals surface area contributed by atoms with Crippen LogP contribution in [-0.4, -0.2) is 54.7 Å². The monoisotopic (exact) mass is 406 g/mol. The molecule has 158 valence electrons. The lowest BCUT2D eigenvalue weighted by Gasteiger charge is -2.36. The van der Waals surface area contributed by atoms with E-state index < -0.39 is 11.6 Å². The van der Waals surface area contributed by atoms with Crippen molar-refractivity contribution in [3.8, 4) is 0 Å². The van der Waals surface area contributed by atoms with Gasteiger partial charge >= 0.3 is 0 Å². The topological polar surface area (TPSA) is 61.6 Å². The van der Waals surface area contributed by atoms with Crippen LogP contribution in [-0.2, 0) is 4.79 Å². The van der Waals surface area contributed by atoms with E-state index in [1.54, 1.807) is 6.92 Å². The number of carbonyl (C=O) groups is 1. The lowest BCUT2D eigenvalue weighted by atomic mass is 9.84. The van der Waals surface area contributed by atoms with Crippen molar-refractivity contribution in [1.29, 1.82) is 0 Å². The number of rotatable bonds is 5. The van der Waals surface area contributed by atoms with Gasteiger partial charge in [-0.2, -0.15) is 0 Å². The molecular formula is C21H28F2N4O2. The van der Waals surface area contributed by atoms with Crippen LogP contribution in [0.3, 0.4) is 0 Å². The van der Waals surface area contributed by atoms with Crippen molar-refractivity contribution in [2.45, 2.75) is 45.1 Å². The molecule has 0 bridgehead atoms. The van der Waals surface area contributed by atoms with Crippen LogP contribution in [0.15, 0.2) is 16.7 Å². The first-order valence-electron chi connectivity index (χ1n) is 10.5. The number of carbonyl (C=O) groups excluding carboxylic acids is 1. The fraction of sp³-hybridized carbons (Fsp3) is 0.619. The molecule has 0 radical (unpaired) electrons. The molecule has 2 aromatic rings.